The summed E-state index contributed by atoms with van der Waals surface area (Å²) in [5, 5.41) is 46.5. The van der Waals surface area contributed by atoms with Crippen molar-refractivity contribution in [1.82, 2.24) is 49.6 Å². The lowest BCUT2D eigenvalue weighted by Crippen LogP contribution is -2.55. The van der Waals surface area contributed by atoms with Crippen molar-refractivity contribution in [2.24, 2.45) is 5.92 Å². The third-order valence-electron chi connectivity index (χ3n) is 15.8. The molecule has 3 fully saturated rings. The molecule has 4 aliphatic rings. The number of piperazine rings is 2. The van der Waals surface area contributed by atoms with Gasteiger partial charge in [-0.25, -0.2) is 4.98 Å². The molecule has 0 radical (unpaired) electrons. The largest absolute Gasteiger partial charge is 0.508 e. The van der Waals surface area contributed by atoms with E-state index in [4.69, 9.17) is 21.6 Å². The number of carbonyl (C=O) groups is 3. The fraction of sp³-hybridized carbons (Fsp3) is 0.414. The number of alkyl halides is 3. The molecular weight excluding hydrogens is 1070 g/mol. The van der Waals surface area contributed by atoms with Gasteiger partial charge in [-0.3, -0.25) is 23.9 Å². The second kappa shape index (κ2) is 24.4. The highest BCUT2D eigenvalue weighted by Gasteiger charge is 2.35. The Morgan fingerprint density at radius 1 is 0.889 bits per heavy atom. The molecule has 23 heteroatoms. The number of hydrogen-bond acceptors (Lipinski definition) is 15. The molecule has 0 saturated carbocycles. The number of rotatable bonds is 16. The lowest BCUT2D eigenvalue weighted by molar-refractivity contribution is -0.132. The number of carbonyl (C=O) groups excluding carboxylic acids is 3. The Labute approximate surface area is 472 Å². The SMILES string of the molecule is C=CC(=O)N1CCN(c2nc(NCCC(=O)N3CCC(CN4CCN(Cc5ccc(-n6c(C(=O)NCC(F)(F)F)nnc6-c6cc(C)c(O)cc6O)cc5)CC4)CC3)nc3c2CCN(c2cccc4cccc(Cl)c24)C3)C[C@H]1CC#N. The number of phenols is 2. The summed E-state index contributed by atoms with van der Waals surface area (Å²) in [6.45, 7) is 13.1. The number of piperidine rings is 1. The van der Waals surface area contributed by atoms with Gasteiger partial charge >= 0.3 is 6.18 Å². The van der Waals surface area contributed by atoms with Gasteiger partial charge in [0.25, 0.3) is 5.91 Å². The zero-order valence-electron chi connectivity index (χ0n) is 45.0. The molecule has 0 bridgehead atoms. The van der Waals surface area contributed by atoms with Crippen LogP contribution in [0.5, 0.6) is 11.5 Å². The van der Waals surface area contributed by atoms with Crippen LogP contribution >= 0.6 is 11.6 Å². The van der Waals surface area contributed by atoms with Crippen LogP contribution in [0.3, 0.4) is 0 Å². The van der Waals surface area contributed by atoms with E-state index in [0.29, 0.717) is 93.5 Å². The Morgan fingerprint density at radius 2 is 1.63 bits per heavy atom. The maximum atomic E-state index is 13.7. The molecule has 4 aromatic carbocycles. The predicted octanol–water partition coefficient (Wildman–Crippen LogP) is 7.08. The third-order valence-corrected chi connectivity index (χ3v) is 16.1. The summed E-state index contributed by atoms with van der Waals surface area (Å²) >= 11 is 6.79. The number of aromatic nitrogens is 5. The van der Waals surface area contributed by atoms with E-state index in [1.165, 1.54) is 16.7 Å². The van der Waals surface area contributed by atoms with Crippen molar-refractivity contribution in [2.75, 3.05) is 100 Å². The average molecular weight is 1130 g/mol. The first kappa shape index (κ1) is 56.3. The Balaban J connectivity index is 0.722. The van der Waals surface area contributed by atoms with E-state index in [-0.39, 0.29) is 53.6 Å². The lowest BCUT2D eigenvalue weighted by Gasteiger charge is -2.42. The minimum atomic E-state index is -4.65. The van der Waals surface area contributed by atoms with Crippen molar-refractivity contribution in [3.8, 4) is 34.6 Å². The predicted molar refractivity (Wildman–Crippen MR) is 301 cm³/mol. The van der Waals surface area contributed by atoms with E-state index in [9.17, 15) is 43.0 Å². The molecule has 0 spiro atoms. The molecule has 10 rings (SSSR count). The summed E-state index contributed by atoms with van der Waals surface area (Å²) in [7, 11) is 0. The smallest absolute Gasteiger partial charge is 0.405 e. The highest BCUT2D eigenvalue weighted by atomic mass is 35.5. The Morgan fingerprint density at radius 3 is 2.36 bits per heavy atom. The first-order chi connectivity index (χ1) is 39.0. The van der Waals surface area contributed by atoms with Gasteiger partial charge in [0.1, 0.15) is 23.9 Å². The summed E-state index contributed by atoms with van der Waals surface area (Å²) in [5.74, 6) is -0.488. The second-order valence-electron chi connectivity index (χ2n) is 21.2. The van der Waals surface area contributed by atoms with Crippen LogP contribution in [0.1, 0.15) is 58.7 Å². The zero-order valence-corrected chi connectivity index (χ0v) is 45.8. The summed E-state index contributed by atoms with van der Waals surface area (Å²) in [6.07, 6.45) is -0.419. The summed E-state index contributed by atoms with van der Waals surface area (Å²) in [5.41, 5.74) is 4.82. The van der Waals surface area contributed by atoms with Crippen LogP contribution in [-0.4, -0.2) is 170 Å². The van der Waals surface area contributed by atoms with Crippen molar-refractivity contribution < 1.29 is 37.8 Å². The van der Waals surface area contributed by atoms with Crippen LogP contribution in [0, 0.1) is 24.2 Å². The maximum absolute atomic E-state index is 13.7. The van der Waals surface area contributed by atoms with Crippen LogP contribution in [0.15, 0.2) is 85.5 Å². The number of hydrogen-bond donors (Lipinski definition) is 4. The number of nitriles is 1. The first-order valence-corrected chi connectivity index (χ1v) is 27.7. The molecule has 2 aromatic heterocycles. The fourth-order valence-electron chi connectivity index (χ4n) is 11.5. The van der Waals surface area contributed by atoms with Gasteiger partial charge in [0.15, 0.2) is 5.82 Å². The number of fused-ring (bicyclic) bond motifs is 2. The number of amides is 3. The molecule has 6 heterocycles. The number of aryl methyl sites for hydroxylation is 1. The highest BCUT2D eigenvalue weighted by molar-refractivity contribution is 6.36. The topological polar surface area (TPSA) is 215 Å². The monoisotopic (exact) mass is 1130 g/mol. The molecule has 19 nitrogen and oxygen atoms in total. The molecule has 0 unspecified atom stereocenters. The van der Waals surface area contributed by atoms with Crippen LogP contribution in [0.25, 0.3) is 27.8 Å². The number of nitrogens with one attached hydrogen (secondary N) is 2. The third kappa shape index (κ3) is 12.8. The molecular formula is C58H64ClF3N14O5. The number of halogens is 4. The molecule has 3 saturated heterocycles. The first-order valence-electron chi connectivity index (χ1n) is 27.3. The van der Waals surface area contributed by atoms with Crippen molar-refractivity contribution in [3.63, 3.8) is 0 Å². The zero-order chi connectivity index (χ0) is 57.0. The van der Waals surface area contributed by atoms with Crippen LogP contribution in [0.2, 0.25) is 5.02 Å². The Hall–Kier alpha value is -8.00. The fourth-order valence-corrected chi connectivity index (χ4v) is 11.8. The van der Waals surface area contributed by atoms with Crippen LogP contribution in [-0.2, 0) is 29.1 Å². The van der Waals surface area contributed by atoms with Gasteiger partial charge in [0, 0.05) is 120 Å². The molecule has 3 amide bonds. The van der Waals surface area contributed by atoms with Gasteiger partial charge in [-0.2, -0.15) is 23.4 Å². The molecule has 0 aliphatic carbocycles. The van der Waals surface area contributed by atoms with E-state index in [0.717, 1.165) is 90.7 Å². The number of likely N-dealkylation sites (tertiary alicyclic amines) is 1. The van der Waals surface area contributed by atoms with E-state index < -0.39 is 24.5 Å². The van der Waals surface area contributed by atoms with Crippen molar-refractivity contribution >= 4 is 57.5 Å². The summed E-state index contributed by atoms with van der Waals surface area (Å²) < 4.78 is 40.4. The van der Waals surface area contributed by atoms with Crippen molar-refractivity contribution in [2.45, 2.75) is 64.3 Å². The van der Waals surface area contributed by atoms with E-state index in [2.05, 4.69) is 66.0 Å². The average Bonchev–Trinajstić information content (AvgIpc) is 3.98. The summed E-state index contributed by atoms with van der Waals surface area (Å²) in [4.78, 5) is 62.6. The minimum absolute atomic E-state index is 0.00647. The van der Waals surface area contributed by atoms with E-state index in [1.807, 2.05) is 40.5 Å². The quantitative estimate of drug-likeness (QED) is 0.0713. The number of aromatic hydroxyl groups is 2. The number of benzene rings is 4. The van der Waals surface area contributed by atoms with Crippen LogP contribution in [0.4, 0.5) is 30.6 Å². The van der Waals surface area contributed by atoms with Gasteiger partial charge in [0.05, 0.1) is 41.4 Å². The van der Waals surface area contributed by atoms with Gasteiger partial charge in [-0.1, -0.05) is 54.6 Å². The molecule has 6 aromatic rings. The van der Waals surface area contributed by atoms with Gasteiger partial charge in [0.2, 0.25) is 23.6 Å². The maximum Gasteiger partial charge on any atom is 0.405 e. The van der Waals surface area contributed by atoms with Crippen LogP contribution < -0.4 is 20.4 Å². The van der Waals surface area contributed by atoms with Gasteiger partial charge in [-0.05, 0) is 85.0 Å². The summed E-state index contributed by atoms with van der Waals surface area (Å²) in [6, 6.07) is 23.8. The van der Waals surface area contributed by atoms with Crippen molar-refractivity contribution in [1.29, 1.82) is 5.26 Å². The molecule has 4 aliphatic heterocycles. The second-order valence-corrected chi connectivity index (χ2v) is 21.6. The van der Waals surface area contributed by atoms with Gasteiger partial charge in [-0.15, -0.1) is 10.2 Å². The number of nitrogens with zero attached hydrogens (tertiary/aromatic N) is 12. The lowest BCUT2D eigenvalue weighted by atomic mass is 9.95. The molecule has 4 N–H and O–H groups in total. The van der Waals surface area contributed by atoms with E-state index >= 15 is 0 Å². The molecule has 424 valence electrons. The standard InChI is InChI=1S/C58H64ClF3N14O5/c1-3-50(79)75-29-28-74(34-42(75)14-19-63)53-43-18-23-73(47-9-5-7-40-6-4-8-45(59)52(40)47)35-46(43)66-57(67-53)64-20-15-51(80)72-21-16-39(17-22-72)33-71-26-24-70(25-27-71)32-38-10-12-41(13-11-38)76-54(44-30-37(2)48(77)31-49(44)78)68-69-55(76)56(81)65-36-58(60,61)62/h3-13,30-31,39,42,77-78H,1,14-18,20-29,32-36H2,2H3,(H,65,81)(H,64,66,67)/t42-/m1/s1. The number of anilines is 3. The number of phenolic OH excluding ortho intramolecular Hbond substituents is 2. The molecule has 81 heavy (non-hydrogen) atoms. The minimum Gasteiger partial charge on any atom is -0.508 e. The molecule has 1 atom stereocenters. The highest BCUT2D eigenvalue weighted by Crippen LogP contribution is 2.39. The Bertz CT molecular complexity index is 3350. The van der Waals surface area contributed by atoms with E-state index in [1.54, 1.807) is 24.0 Å². The van der Waals surface area contributed by atoms with Gasteiger partial charge < -0.3 is 45.3 Å². The normalized spacial score (nSPS) is 17.5. The Kier molecular flexibility index (Phi) is 16.9. The van der Waals surface area contributed by atoms with Crippen molar-refractivity contribution in [3.05, 3.63) is 119 Å².